The molecule has 0 spiro atoms. The largest absolute Gasteiger partial charge is 0.377 e. The first-order valence-corrected chi connectivity index (χ1v) is 7.25. The molecular weight excluding hydrogens is 258 g/mol. The normalized spacial score (nSPS) is 22.5. The van der Waals surface area contributed by atoms with Crippen molar-refractivity contribution in [3.05, 3.63) is 0 Å². The summed E-state index contributed by atoms with van der Waals surface area (Å²) in [6.07, 6.45) is 0.651. The number of ether oxygens (including phenoxy) is 1. The van der Waals surface area contributed by atoms with E-state index in [2.05, 4.69) is 5.32 Å². The summed E-state index contributed by atoms with van der Waals surface area (Å²) in [5.41, 5.74) is 5.13. The Morgan fingerprint density at radius 3 is 2.65 bits per heavy atom. The second kappa shape index (κ2) is 7.04. The zero-order valence-electron chi connectivity index (χ0n) is 12.9. The Kier molecular flexibility index (Phi) is 5.95. The Morgan fingerprint density at radius 2 is 2.15 bits per heavy atom. The van der Waals surface area contributed by atoms with Gasteiger partial charge in [0, 0.05) is 19.1 Å². The molecule has 0 saturated carbocycles. The van der Waals surface area contributed by atoms with Crippen molar-refractivity contribution in [2.75, 3.05) is 26.3 Å². The van der Waals surface area contributed by atoms with Crippen molar-refractivity contribution in [1.29, 1.82) is 0 Å². The lowest BCUT2D eigenvalue weighted by Gasteiger charge is -2.40. The molecule has 1 fully saturated rings. The first-order valence-electron chi connectivity index (χ1n) is 7.25. The van der Waals surface area contributed by atoms with Gasteiger partial charge in [-0.1, -0.05) is 6.92 Å². The van der Waals surface area contributed by atoms with E-state index in [4.69, 9.17) is 10.5 Å². The SMILES string of the molecule is CCC(C)(CN)C(=O)N1CCOCC1C(=O)NC(C)C. The van der Waals surface area contributed by atoms with E-state index < -0.39 is 11.5 Å². The molecule has 6 nitrogen and oxygen atoms in total. The summed E-state index contributed by atoms with van der Waals surface area (Å²) in [5, 5.41) is 2.84. The number of nitrogens with one attached hydrogen (secondary N) is 1. The van der Waals surface area contributed by atoms with Gasteiger partial charge in [-0.2, -0.15) is 0 Å². The third-order valence-corrected chi connectivity index (χ3v) is 3.87. The monoisotopic (exact) mass is 285 g/mol. The van der Waals surface area contributed by atoms with E-state index in [1.54, 1.807) is 4.90 Å². The third kappa shape index (κ3) is 3.70. The molecule has 2 atom stereocenters. The number of amides is 2. The van der Waals surface area contributed by atoms with Crippen LogP contribution < -0.4 is 11.1 Å². The number of morpholine rings is 1. The zero-order chi connectivity index (χ0) is 15.3. The topological polar surface area (TPSA) is 84.7 Å². The number of carbonyl (C=O) groups is 2. The van der Waals surface area contributed by atoms with Gasteiger partial charge in [-0.3, -0.25) is 9.59 Å². The molecule has 0 aromatic carbocycles. The summed E-state index contributed by atoms with van der Waals surface area (Å²) in [7, 11) is 0. The predicted molar refractivity (Wildman–Crippen MR) is 77.1 cm³/mol. The first kappa shape index (κ1) is 16.9. The maximum atomic E-state index is 12.7. The van der Waals surface area contributed by atoms with E-state index in [0.717, 1.165) is 0 Å². The van der Waals surface area contributed by atoms with E-state index in [-0.39, 0.29) is 31.0 Å². The summed E-state index contributed by atoms with van der Waals surface area (Å²) < 4.78 is 5.36. The third-order valence-electron chi connectivity index (χ3n) is 3.87. The van der Waals surface area contributed by atoms with E-state index in [1.165, 1.54) is 0 Å². The standard InChI is InChI=1S/C14H27N3O3/c1-5-14(4,9-15)13(19)17-6-7-20-8-11(17)12(18)16-10(2)3/h10-11H,5-9,15H2,1-4H3,(H,16,18). The molecule has 116 valence electrons. The molecule has 3 N–H and O–H groups in total. The molecule has 6 heteroatoms. The molecule has 1 heterocycles. The number of nitrogens with zero attached hydrogens (tertiary/aromatic N) is 1. The van der Waals surface area contributed by atoms with Crippen LogP contribution in [-0.4, -0.2) is 55.1 Å². The second-order valence-electron chi connectivity index (χ2n) is 5.87. The van der Waals surface area contributed by atoms with Gasteiger partial charge >= 0.3 is 0 Å². The molecular formula is C14H27N3O3. The molecule has 0 radical (unpaired) electrons. The molecule has 0 aromatic rings. The number of rotatable bonds is 5. The number of hydrogen-bond donors (Lipinski definition) is 2. The molecule has 0 bridgehead atoms. The van der Waals surface area contributed by atoms with Gasteiger partial charge in [0.15, 0.2) is 0 Å². The van der Waals surface area contributed by atoms with Gasteiger partial charge in [0.05, 0.1) is 18.6 Å². The fraction of sp³-hybridized carbons (Fsp3) is 0.857. The number of carbonyl (C=O) groups excluding carboxylic acids is 2. The van der Waals surface area contributed by atoms with Gasteiger partial charge in [0.25, 0.3) is 0 Å². The molecule has 1 aliphatic rings. The zero-order valence-corrected chi connectivity index (χ0v) is 12.9. The van der Waals surface area contributed by atoms with Crippen molar-refractivity contribution < 1.29 is 14.3 Å². The Hall–Kier alpha value is -1.14. The molecule has 2 amide bonds. The highest BCUT2D eigenvalue weighted by atomic mass is 16.5. The van der Waals surface area contributed by atoms with Crippen molar-refractivity contribution in [3.63, 3.8) is 0 Å². The van der Waals surface area contributed by atoms with Crippen molar-refractivity contribution in [2.45, 2.75) is 46.2 Å². The van der Waals surface area contributed by atoms with Crippen LogP contribution >= 0.6 is 0 Å². The summed E-state index contributed by atoms with van der Waals surface area (Å²) in [6.45, 7) is 8.99. The maximum absolute atomic E-state index is 12.7. The fourth-order valence-electron chi connectivity index (χ4n) is 2.17. The smallest absolute Gasteiger partial charge is 0.245 e. The van der Waals surface area contributed by atoms with Gasteiger partial charge in [-0.25, -0.2) is 0 Å². The van der Waals surface area contributed by atoms with Gasteiger partial charge in [0.1, 0.15) is 6.04 Å². The average Bonchev–Trinajstić information content (AvgIpc) is 2.44. The molecule has 2 unspecified atom stereocenters. The van der Waals surface area contributed by atoms with E-state index >= 15 is 0 Å². The van der Waals surface area contributed by atoms with Gasteiger partial charge < -0.3 is 20.7 Å². The summed E-state index contributed by atoms with van der Waals surface area (Å²) in [5.74, 6) is -0.224. The summed E-state index contributed by atoms with van der Waals surface area (Å²) in [4.78, 5) is 26.5. The van der Waals surface area contributed by atoms with Crippen LogP contribution in [0.15, 0.2) is 0 Å². The number of nitrogens with two attached hydrogens (primary N) is 1. The second-order valence-corrected chi connectivity index (χ2v) is 5.87. The Labute approximate surface area is 121 Å². The van der Waals surface area contributed by atoms with Crippen LogP contribution in [-0.2, 0) is 14.3 Å². The molecule has 0 aromatic heterocycles. The molecule has 1 aliphatic heterocycles. The lowest BCUT2D eigenvalue weighted by molar-refractivity contribution is -0.155. The van der Waals surface area contributed by atoms with Crippen LogP contribution in [0.4, 0.5) is 0 Å². The van der Waals surface area contributed by atoms with Crippen LogP contribution in [0.5, 0.6) is 0 Å². The van der Waals surface area contributed by atoms with Crippen molar-refractivity contribution in [2.24, 2.45) is 11.1 Å². The molecule has 0 aliphatic carbocycles. The Bertz CT molecular complexity index is 354. The molecule has 1 rings (SSSR count). The Balaban J connectivity index is 2.88. The minimum absolute atomic E-state index is 0.0356. The average molecular weight is 285 g/mol. The molecule has 1 saturated heterocycles. The van der Waals surface area contributed by atoms with Crippen LogP contribution in [0.25, 0.3) is 0 Å². The van der Waals surface area contributed by atoms with Gasteiger partial charge in [-0.05, 0) is 27.2 Å². The van der Waals surface area contributed by atoms with Crippen LogP contribution in [0.2, 0.25) is 0 Å². The molecule has 20 heavy (non-hydrogen) atoms. The highest BCUT2D eigenvalue weighted by Crippen LogP contribution is 2.25. The van der Waals surface area contributed by atoms with Crippen molar-refractivity contribution in [1.82, 2.24) is 10.2 Å². The van der Waals surface area contributed by atoms with Crippen LogP contribution in [0.3, 0.4) is 0 Å². The van der Waals surface area contributed by atoms with Crippen molar-refractivity contribution in [3.8, 4) is 0 Å². The van der Waals surface area contributed by atoms with Crippen LogP contribution in [0, 0.1) is 5.41 Å². The lowest BCUT2D eigenvalue weighted by atomic mass is 9.85. The first-order chi connectivity index (χ1) is 9.35. The Morgan fingerprint density at radius 1 is 1.50 bits per heavy atom. The highest BCUT2D eigenvalue weighted by Gasteiger charge is 2.40. The fourth-order valence-corrected chi connectivity index (χ4v) is 2.17. The van der Waals surface area contributed by atoms with E-state index in [0.29, 0.717) is 19.6 Å². The van der Waals surface area contributed by atoms with Gasteiger partial charge in [0.2, 0.25) is 11.8 Å². The maximum Gasteiger partial charge on any atom is 0.245 e. The summed E-state index contributed by atoms with van der Waals surface area (Å²) >= 11 is 0. The van der Waals surface area contributed by atoms with E-state index in [1.807, 2.05) is 27.7 Å². The van der Waals surface area contributed by atoms with Crippen molar-refractivity contribution >= 4 is 11.8 Å². The van der Waals surface area contributed by atoms with E-state index in [9.17, 15) is 9.59 Å². The lowest BCUT2D eigenvalue weighted by Crippen LogP contribution is -2.60. The highest BCUT2D eigenvalue weighted by molar-refractivity contribution is 5.90. The quantitative estimate of drug-likeness (QED) is 0.751. The number of hydrogen-bond acceptors (Lipinski definition) is 4. The van der Waals surface area contributed by atoms with Gasteiger partial charge in [-0.15, -0.1) is 0 Å². The minimum Gasteiger partial charge on any atom is -0.377 e. The van der Waals surface area contributed by atoms with Crippen LogP contribution in [0.1, 0.15) is 34.1 Å². The summed E-state index contributed by atoms with van der Waals surface area (Å²) in [6, 6.07) is -0.524. The predicted octanol–water partition coefficient (Wildman–Crippen LogP) is 0.113. The minimum atomic E-state index is -0.617.